The number of halogens is 2. The molecule has 3 heteroatoms. The second kappa shape index (κ2) is 4.88. The Morgan fingerprint density at radius 1 is 0.812 bits per heavy atom. The van der Waals surface area contributed by atoms with Crippen LogP contribution in [0.15, 0.2) is 48.5 Å². The molecule has 0 aliphatic carbocycles. The Hall–Kier alpha value is -1.02. The Morgan fingerprint density at radius 2 is 1.38 bits per heavy atom. The molecule has 82 valence electrons. The summed E-state index contributed by atoms with van der Waals surface area (Å²) in [5.74, 6) is 0. The average molecular weight is 253 g/mol. The van der Waals surface area contributed by atoms with Crippen LogP contribution in [0.2, 0.25) is 10.0 Å². The molecule has 0 aromatic heterocycles. The van der Waals surface area contributed by atoms with Crippen molar-refractivity contribution in [2.75, 3.05) is 0 Å². The van der Waals surface area contributed by atoms with Gasteiger partial charge in [-0.25, -0.2) is 0 Å². The van der Waals surface area contributed by atoms with E-state index in [1.165, 1.54) is 0 Å². The molecular weight excluding hydrogens is 243 g/mol. The lowest BCUT2D eigenvalue weighted by molar-refractivity contribution is 0.220. The Balaban J connectivity index is 2.37. The van der Waals surface area contributed by atoms with Gasteiger partial charge in [0.1, 0.15) is 6.10 Å². The van der Waals surface area contributed by atoms with Gasteiger partial charge in [0, 0.05) is 10.0 Å². The second-order valence-corrected chi connectivity index (χ2v) is 4.39. The first-order valence-electron chi connectivity index (χ1n) is 4.86. The molecule has 0 saturated heterocycles. The van der Waals surface area contributed by atoms with Crippen molar-refractivity contribution >= 4 is 23.2 Å². The molecule has 0 radical (unpaired) electrons. The van der Waals surface area contributed by atoms with E-state index >= 15 is 0 Å². The van der Waals surface area contributed by atoms with Crippen LogP contribution in [0.25, 0.3) is 0 Å². The van der Waals surface area contributed by atoms with Gasteiger partial charge in [-0.15, -0.1) is 0 Å². The highest BCUT2D eigenvalue weighted by molar-refractivity contribution is 6.34. The zero-order chi connectivity index (χ0) is 11.5. The van der Waals surface area contributed by atoms with E-state index < -0.39 is 6.10 Å². The molecule has 16 heavy (non-hydrogen) atoms. The van der Waals surface area contributed by atoms with Gasteiger partial charge < -0.3 is 5.11 Å². The molecular formula is C13H10Cl2O. The normalized spacial score (nSPS) is 12.4. The van der Waals surface area contributed by atoms with Gasteiger partial charge in [-0.3, -0.25) is 0 Å². The van der Waals surface area contributed by atoms with Crippen LogP contribution in [0, 0.1) is 0 Å². The highest BCUT2D eigenvalue weighted by Crippen LogP contribution is 2.27. The molecule has 0 heterocycles. The third-order valence-corrected chi connectivity index (χ3v) is 2.75. The summed E-state index contributed by atoms with van der Waals surface area (Å²) in [5, 5.41) is 11.2. The summed E-state index contributed by atoms with van der Waals surface area (Å²) >= 11 is 11.8. The lowest BCUT2D eigenvalue weighted by Gasteiger charge is -2.12. The lowest BCUT2D eigenvalue weighted by atomic mass is 10.0. The van der Waals surface area contributed by atoms with Crippen LogP contribution in [0.3, 0.4) is 0 Å². The summed E-state index contributed by atoms with van der Waals surface area (Å²) in [6.45, 7) is 0. The molecule has 1 nitrogen and oxygen atoms in total. The summed E-state index contributed by atoms with van der Waals surface area (Å²) in [5.41, 5.74) is 1.52. The van der Waals surface area contributed by atoms with Crippen LogP contribution in [-0.4, -0.2) is 5.11 Å². The lowest BCUT2D eigenvalue weighted by Crippen LogP contribution is -1.99. The first kappa shape index (κ1) is 11.5. The maximum Gasteiger partial charge on any atom is 0.104 e. The standard InChI is InChI=1S/C13H10Cl2O/c14-11-6-10(7-12(15)8-11)13(16)9-4-2-1-3-5-9/h1-8,13,16H. The van der Waals surface area contributed by atoms with E-state index in [1.54, 1.807) is 18.2 Å². The number of hydrogen-bond donors (Lipinski definition) is 1. The van der Waals surface area contributed by atoms with Crippen molar-refractivity contribution in [3.63, 3.8) is 0 Å². The zero-order valence-electron chi connectivity index (χ0n) is 8.40. The second-order valence-electron chi connectivity index (χ2n) is 3.52. The molecule has 0 aliphatic heterocycles. The van der Waals surface area contributed by atoms with Crippen LogP contribution >= 0.6 is 23.2 Å². The van der Waals surface area contributed by atoms with Gasteiger partial charge in [-0.2, -0.15) is 0 Å². The minimum absolute atomic E-state index is 0.525. The van der Waals surface area contributed by atoms with E-state index in [0.29, 0.717) is 15.6 Å². The summed E-state index contributed by atoms with van der Waals surface area (Å²) < 4.78 is 0. The fourth-order valence-corrected chi connectivity index (χ4v) is 2.10. The van der Waals surface area contributed by atoms with E-state index in [0.717, 1.165) is 5.56 Å². The fraction of sp³-hybridized carbons (Fsp3) is 0.0769. The van der Waals surface area contributed by atoms with Crippen LogP contribution in [-0.2, 0) is 0 Å². The average Bonchev–Trinajstić information content (AvgIpc) is 2.28. The number of hydrogen-bond acceptors (Lipinski definition) is 1. The smallest absolute Gasteiger partial charge is 0.104 e. The van der Waals surface area contributed by atoms with Crippen molar-refractivity contribution in [3.05, 3.63) is 69.7 Å². The summed E-state index contributed by atoms with van der Waals surface area (Å²) in [6, 6.07) is 14.5. The molecule has 1 N–H and O–H groups in total. The van der Waals surface area contributed by atoms with Gasteiger partial charge in [0.2, 0.25) is 0 Å². The minimum atomic E-state index is -0.697. The fourth-order valence-electron chi connectivity index (χ4n) is 1.56. The van der Waals surface area contributed by atoms with Crippen LogP contribution in [0.5, 0.6) is 0 Å². The van der Waals surface area contributed by atoms with Crippen LogP contribution in [0.4, 0.5) is 0 Å². The van der Waals surface area contributed by atoms with Crippen molar-refractivity contribution in [3.8, 4) is 0 Å². The van der Waals surface area contributed by atoms with Gasteiger partial charge in [0.25, 0.3) is 0 Å². The SMILES string of the molecule is OC(c1ccccc1)c1cc(Cl)cc(Cl)c1. The Labute approximate surface area is 104 Å². The number of aliphatic hydroxyl groups is 1. The third-order valence-electron chi connectivity index (χ3n) is 2.32. The molecule has 2 aromatic carbocycles. The molecule has 0 amide bonds. The third kappa shape index (κ3) is 2.56. The Morgan fingerprint density at radius 3 is 1.94 bits per heavy atom. The van der Waals surface area contributed by atoms with Gasteiger partial charge >= 0.3 is 0 Å². The van der Waals surface area contributed by atoms with Gasteiger partial charge in [-0.1, -0.05) is 53.5 Å². The van der Waals surface area contributed by atoms with E-state index in [1.807, 2.05) is 30.3 Å². The van der Waals surface area contributed by atoms with Crippen molar-refractivity contribution in [1.82, 2.24) is 0 Å². The molecule has 0 fully saturated rings. The zero-order valence-corrected chi connectivity index (χ0v) is 9.91. The van der Waals surface area contributed by atoms with Crippen LogP contribution < -0.4 is 0 Å². The Bertz CT molecular complexity index is 462. The highest BCUT2D eigenvalue weighted by Gasteiger charge is 2.11. The quantitative estimate of drug-likeness (QED) is 0.855. The first-order chi connectivity index (χ1) is 7.66. The molecule has 2 rings (SSSR count). The molecule has 0 aliphatic rings. The summed E-state index contributed by atoms with van der Waals surface area (Å²) in [6.07, 6.45) is -0.697. The first-order valence-corrected chi connectivity index (χ1v) is 5.61. The largest absolute Gasteiger partial charge is 0.384 e. The molecule has 0 bridgehead atoms. The molecule has 0 saturated carbocycles. The van der Waals surface area contributed by atoms with E-state index in [4.69, 9.17) is 23.2 Å². The minimum Gasteiger partial charge on any atom is -0.384 e. The highest BCUT2D eigenvalue weighted by atomic mass is 35.5. The van der Waals surface area contributed by atoms with Crippen LogP contribution in [0.1, 0.15) is 17.2 Å². The maximum atomic E-state index is 10.1. The number of aliphatic hydroxyl groups excluding tert-OH is 1. The monoisotopic (exact) mass is 252 g/mol. The van der Waals surface area contributed by atoms with Crippen molar-refractivity contribution in [2.24, 2.45) is 0 Å². The molecule has 1 unspecified atom stereocenters. The molecule has 2 aromatic rings. The maximum absolute atomic E-state index is 10.1. The predicted octanol–water partition coefficient (Wildman–Crippen LogP) is 4.08. The Kier molecular flexibility index (Phi) is 3.49. The number of benzene rings is 2. The van der Waals surface area contributed by atoms with E-state index in [9.17, 15) is 5.11 Å². The van der Waals surface area contributed by atoms with Crippen molar-refractivity contribution < 1.29 is 5.11 Å². The van der Waals surface area contributed by atoms with Crippen molar-refractivity contribution in [2.45, 2.75) is 6.10 Å². The predicted molar refractivity (Wildman–Crippen MR) is 67.0 cm³/mol. The topological polar surface area (TPSA) is 20.2 Å². The van der Waals surface area contributed by atoms with Gasteiger partial charge in [-0.05, 0) is 29.3 Å². The summed E-state index contributed by atoms with van der Waals surface area (Å²) in [7, 11) is 0. The van der Waals surface area contributed by atoms with E-state index in [-0.39, 0.29) is 0 Å². The van der Waals surface area contributed by atoms with Gasteiger partial charge in [0.05, 0.1) is 0 Å². The van der Waals surface area contributed by atoms with Crippen molar-refractivity contribution in [1.29, 1.82) is 0 Å². The van der Waals surface area contributed by atoms with Gasteiger partial charge in [0.15, 0.2) is 0 Å². The number of rotatable bonds is 2. The van der Waals surface area contributed by atoms with E-state index in [2.05, 4.69) is 0 Å². The molecule has 0 spiro atoms. The molecule has 1 atom stereocenters. The summed E-state index contributed by atoms with van der Waals surface area (Å²) in [4.78, 5) is 0.